The number of ether oxygens (including phenoxy) is 2. The van der Waals surface area contributed by atoms with Crippen LogP contribution in [0, 0.1) is 0 Å². The molecule has 2 unspecified atom stereocenters. The van der Waals surface area contributed by atoms with Gasteiger partial charge in [-0.3, -0.25) is 4.57 Å². The van der Waals surface area contributed by atoms with E-state index in [0.717, 1.165) is 0 Å². The Morgan fingerprint density at radius 3 is 2.44 bits per heavy atom. The Balaban J connectivity index is 2.46. The standard InChI is InChI=1S/C9H18BrO5P/c1-3-13-16(11,14-4-2)7-9-12-6-8(5-10)15-9/h8-9H,3-7H2,1-2H3. The van der Waals surface area contributed by atoms with Crippen molar-refractivity contribution in [3.05, 3.63) is 0 Å². The van der Waals surface area contributed by atoms with Gasteiger partial charge in [-0.1, -0.05) is 15.9 Å². The van der Waals surface area contributed by atoms with Gasteiger partial charge in [-0.15, -0.1) is 0 Å². The van der Waals surface area contributed by atoms with E-state index in [1.165, 1.54) is 0 Å². The van der Waals surface area contributed by atoms with E-state index in [4.69, 9.17) is 18.5 Å². The van der Waals surface area contributed by atoms with Gasteiger partial charge in [-0.25, -0.2) is 0 Å². The highest BCUT2D eigenvalue weighted by Crippen LogP contribution is 2.49. The first-order valence-corrected chi connectivity index (χ1v) is 8.19. The van der Waals surface area contributed by atoms with Crippen molar-refractivity contribution in [3.8, 4) is 0 Å². The van der Waals surface area contributed by atoms with Crippen molar-refractivity contribution in [2.24, 2.45) is 0 Å². The molecule has 5 nitrogen and oxygen atoms in total. The third-order valence-corrected chi connectivity index (χ3v) is 4.78. The quantitative estimate of drug-likeness (QED) is 0.533. The van der Waals surface area contributed by atoms with E-state index >= 15 is 0 Å². The number of hydrogen-bond donors (Lipinski definition) is 0. The summed E-state index contributed by atoms with van der Waals surface area (Å²) in [6.45, 7) is 4.78. The normalized spacial score (nSPS) is 26.2. The summed E-state index contributed by atoms with van der Waals surface area (Å²) in [5, 5.41) is 0.705. The predicted molar refractivity (Wildman–Crippen MR) is 64.1 cm³/mol. The molecule has 1 aliphatic heterocycles. The Morgan fingerprint density at radius 1 is 1.38 bits per heavy atom. The molecule has 1 fully saturated rings. The Labute approximate surface area is 104 Å². The zero-order valence-corrected chi connectivity index (χ0v) is 12.0. The molecule has 0 N–H and O–H groups in total. The summed E-state index contributed by atoms with van der Waals surface area (Å²) >= 11 is 3.31. The van der Waals surface area contributed by atoms with Crippen LogP contribution in [0.5, 0.6) is 0 Å². The minimum atomic E-state index is -3.07. The molecule has 0 amide bonds. The molecule has 1 rings (SSSR count). The van der Waals surface area contributed by atoms with Gasteiger partial charge in [-0.05, 0) is 13.8 Å². The first-order valence-electron chi connectivity index (χ1n) is 5.34. The summed E-state index contributed by atoms with van der Waals surface area (Å²) < 4.78 is 33.3. The lowest BCUT2D eigenvalue weighted by molar-refractivity contribution is -0.0393. The fourth-order valence-electron chi connectivity index (χ4n) is 1.40. The second kappa shape index (κ2) is 7.09. The fourth-order valence-corrected chi connectivity index (χ4v) is 3.37. The summed E-state index contributed by atoms with van der Waals surface area (Å²) in [6.07, 6.45) is -0.328. The van der Waals surface area contributed by atoms with Crippen molar-refractivity contribution in [1.29, 1.82) is 0 Å². The molecule has 0 radical (unpaired) electrons. The number of rotatable bonds is 7. The molecule has 0 aromatic rings. The van der Waals surface area contributed by atoms with E-state index in [-0.39, 0.29) is 12.3 Å². The van der Waals surface area contributed by atoms with Crippen molar-refractivity contribution in [2.75, 3.05) is 31.3 Å². The van der Waals surface area contributed by atoms with Gasteiger partial charge >= 0.3 is 7.60 Å². The molecule has 1 saturated heterocycles. The van der Waals surface area contributed by atoms with E-state index in [1.54, 1.807) is 13.8 Å². The molecule has 7 heteroatoms. The lowest BCUT2D eigenvalue weighted by Crippen LogP contribution is -2.18. The minimum absolute atomic E-state index is 0.0155. The van der Waals surface area contributed by atoms with Gasteiger partial charge in [0, 0.05) is 5.33 Å². The van der Waals surface area contributed by atoms with Crippen LogP contribution in [0.4, 0.5) is 0 Å². The maximum absolute atomic E-state index is 12.1. The third-order valence-electron chi connectivity index (χ3n) is 2.01. The molecule has 1 aliphatic rings. The first kappa shape index (κ1) is 14.6. The second-order valence-corrected chi connectivity index (χ2v) is 6.06. The molecule has 2 atom stereocenters. The van der Waals surface area contributed by atoms with Crippen molar-refractivity contribution in [2.45, 2.75) is 26.2 Å². The largest absolute Gasteiger partial charge is 0.349 e. The van der Waals surface area contributed by atoms with Crippen molar-refractivity contribution in [3.63, 3.8) is 0 Å². The molecule has 16 heavy (non-hydrogen) atoms. The van der Waals surface area contributed by atoms with Gasteiger partial charge in [0.1, 0.15) is 6.16 Å². The van der Waals surface area contributed by atoms with Gasteiger partial charge in [0.25, 0.3) is 0 Å². The average Bonchev–Trinajstić information content (AvgIpc) is 2.65. The van der Waals surface area contributed by atoms with E-state index in [1.807, 2.05) is 0 Å². The Kier molecular flexibility index (Phi) is 6.47. The predicted octanol–water partition coefficient (Wildman–Crippen LogP) is 2.39. The summed E-state index contributed by atoms with van der Waals surface area (Å²) in [5.74, 6) is 0. The molecule has 0 aromatic carbocycles. The molecule has 96 valence electrons. The van der Waals surface area contributed by atoms with E-state index < -0.39 is 13.9 Å². The zero-order chi connectivity index (χ0) is 12.0. The molecular formula is C9H18BrO5P. The maximum atomic E-state index is 12.1. The van der Waals surface area contributed by atoms with Gasteiger partial charge in [0.2, 0.25) is 0 Å². The Hall–Kier alpha value is 0.550. The molecular weight excluding hydrogens is 299 g/mol. The molecule has 0 saturated carbocycles. The van der Waals surface area contributed by atoms with Gasteiger partial charge in [-0.2, -0.15) is 0 Å². The zero-order valence-electron chi connectivity index (χ0n) is 9.56. The number of alkyl halides is 1. The lowest BCUT2D eigenvalue weighted by atomic mass is 10.5. The van der Waals surface area contributed by atoms with Crippen LogP contribution in [0.25, 0.3) is 0 Å². The topological polar surface area (TPSA) is 54.0 Å². The van der Waals surface area contributed by atoms with Crippen molar-refractivity contribution in [1.82, 2.24) is 0 Å². The number of halogens is 1. The highest BCUT2D eigenvalue weighted by molar-refractivity contribution is 9.09. The smallest absolute Gasteiger partial charge is 0.335 e. The van der Waals surface area contributed by atoms with Crippen LogP contribution in [-0.2, 0) is 23.1 Å². The van der Waals surface area contributed by atoms with E-state index in [9.17, 15) is 4.57 Å². The van der Waals surface area contributed by atoms with Gasteiger partial charge in [0.15, 0.2) is 6.29 Å². The SMILES string of the molecule is CCOP(=O)(CC1OCC(CBr)O1)OCC. The summed E-state index contributed by atoms with van der Waals surface area (Å²) in [7, 11) is -3.07. The summed E-state index contributed by atoms with van der Waals surface area (Å²) in [6, 6.07) is 0. The molecule has 0 aromatic heterocycles. The number of hydrogen-bond acceptors (Lipinski definition) is 5. The Morgan fingerprint density at radius 2 is 2.00 bits per heavy atom. The van der Waals surface area contributed by atoms with Gasteiger partial charge in [0.05, 0.1) is 25.9 Å². The van der Waals surface area contributed by atoms with Crippen LogP contribution in [0.15, 0.2) is 0 Å². The highest BCUT2D eigenvalue weighted by Gasteiger charge is 2.34. The monoisotopic (exact) mass is 316 g/mol. The Bertz CT molecular complexity index is 240. The minimum Gasteiger partial charge on any atom is -0.349 e. The van der Waals surface area contributed by atoms with Gasteiger partial charge < -0.3 is 18.5 Å². The highest BCUT2D eigenvalue weighted by atomic mass is 79.9. The van der Waals surface area contributed by atoms with E-state index in [2.05, 4.69) is 15.9 Å². The third kappa shape index (κ3) is 4.43. The summed E-state index contributed by atoms with van der Waals surface area (Å²) in [5.41, 5.74) is 0. The molecule has 1 heterocycles. The first-order chi connectivity index (χ1) is 7.63. The van der Waals surface area contributed by atoms with E-state index in [0.29, 0.717) is 25.2 Å². The summed E-state index contributed by atoms with van der Waals surface area (Å²) in [4.78, 5) is 0. The fraction of sp³-hybridized carbons (Fsp3) is 1.00. The molecule has 0 aliphatic carbocycles. The van der Waals surface area contributed by atoms with Crippen molar-refractivity contribution < 1.29 is 23.1 Å². The molecule has 0 spiro atoms. The van der Waals surface area contributed by atoms with Crippen LogP contribution in [0.2, 0.25) is 0 Å². The van der Waals surface area contributed by atoms with Crippen LogP contribution in [0.1, 0.15) is 13.8 Å². The van der Waals surface area contributed by atoms with Crippen molar-refractivity contribution >= 4 is 23.5 Å². The van der Waals surface area contributed by atoms with Crippen LogP contribution in [0.3, 0.4) is 0 Å². The average molecular weight is 317 g/mol. The van der Waals surface area contributed by atoms with Crippen LogP contribution >= 0.6 is 23.5 Å². The van der Waals surface area contributed by atoms with Crippen LogP contribution < -0.4 is 0 Å². The maximum Gasteiger partial charge on any atom is 0.335 e. The van der Waals surface area contributed by atoms with Crippen LogP contribution in [-0.4, -0.2) is 43.7 Å². The second-order valence-electron chi connectivity index (χ2n) is 3.30. The lowest BCUT2D eigenvalue weighted by Gasteiger charge is -2.19. The molecule has 0 bridgehead atoms.